The molecule has 50 valence electrons. The van der Waals surface area contributed by atoms with Crippen LogP contribution in [-0.2, 0) is 0 Å². The van der Waals surface area contributed by atoms with Crippen LogP contribution in [0.25, 0.3) is 11.1 Å². The van der Waals surface area contributed by atoms with Crippen molar-refractivity contribution in [1.29, 1.82) is 0 Å². The topological polar surface area (TPSA) is 58.9 Å². The zero-order valence-electron chi connectivity index (χ0n) is 5.00. The van der Waals surface area contributed by atoms with E-state index in [0.717, 1.165) is 11.7 Å². The molecule has 0 saturated heterocycles. The predicted molar refractivity (Wildman–Crippen MR) is 33.7 cm³/mol. The van der Waals surface area contributed by atoms with Crippen molar-refractivity contribution in [1.82, 2.24) is 10.1 Å². The van der Waals surface area contributed by atoms with E-state index in [1.165, 1.54) is 0 Å². The first-order valence-electron chi connectivity index (χ1n) is 2.79. The smallest absolute Gasteiger partial charge is 0.236 e. The molecule has 1 N–H and O–H groups in total. The molecule has 4 nitrogen and oxygen atoms in total. The number of hydrogen-bond acceptors (Lipinski definition) is 3. The number of nitrogens with one attached hydrogen (secondary N) is 1. The monoisotopic (exact) mass is 136 g/mol. The van der Waals surface area contributed by atoms with E-state index in [9.17, 15) is 4.79 Å². The highest BCUT2D eigenvalue weighted by Gasteiger charge is 2.01. The molecule has 0 aromatic carbocycles. The molecule has 10 heavy (non-hydrogen) atoms. The zero-order chi connectivity index (χ0) is 6.97. The Morgan fingerprint density at radius 3 is 3.30 bits per heavy atom. The number of hydrogen-bond donors (Lipinski definition) is 1. The van der Waals surface area contributed by atoms with Crippen LogP contribution in [0.15, 0.2) is 16.8 Å². The fourth-order valence-corrected chi connectivity index (χ4v) is 0.843. The summed E-state index contributed by atoms with van der Waals surface area (Å²) in [7, 11) is 0. The highest BCUT2D eigenvalue weighted by molar-refractivity contribution is 5.84. The molecule has 2 aromatic rings. The lowest BCUT2D eigenvalue weighted by atomic mass is 10.4. The molecular weight excluding hydrogens is 132 g/mol. The quantitative estimate of drug-likeness (QED) is 0.594. The van der Waals surface area contributed by atoms with Crippen LogP contribution in [0.1, 0.15) is 10.5 Å². The molecule has 0 bridgehead atoms. The second-order valence-electron chi connectivity index (χ2n) is 1.95. The van der Waals surface area contributed by atoms with Crippen LogP contribution in [0.4, 0.5) is 0 Å². The van der Waals surface area contributed by atoms with E-state index in [1.807, 2.05) is 0 Å². The van der Waals surface area contributed by atoms with Crippen molar-refractivity contribution in [2.24, 2.45) is 0 Å². The number of aldehydes is 1. The van der Waals surface area contributed by atoms with Crippen molar-refractivity contribution in [2.75, 3.05) is 0 Å². The summed E-state index contributed by atoms with van der Waals surface area (Å²) in [4.78, 5) is 12.9. The fourth-order valence-electron chi connectivity index (χ4n) is 0.843. The second kappa shape index (κ2) is 1.70. The Balaban J connectivity index is 2.78. The zero-order valence-corrected chi connectivity index (χ0v) is 5.00. The average molecular weight is 136 g/mol. The predicted octanol–water partition coefficient (Wildman–Crippen LogP) is 0.968. The molecule has 4 heteroatoms. The lowest BCUT2D eigenvalue weighted by Crippen LogP contribution is -1.74. The van der Waals surface area contributed by atoms with Gasteiger partial charge in [-0.3, -0.25) is 4.79 Å². The number of nitrogens with zero attached hydrogens (tertiary/aromatic N) is 1. The summed E-state index contributed by atoms with van der Waals surface area (Å²) in [5.74, 6) is 0. The van der Waals surface area contributed by atoms with Gasteiger partial charge in [-0.1, -0.05) is 5.16 Å². The van der Waals surface area contributed by atoms with Gasteiger partial charge in [0.15, 0.2) is 6.29 Å². The Bertz CT molecular complexity index is 332. The van der Waals surface area contributed by atoms with E-state index >= 15 is 0 Å². The minimum atomic E-state index is 0.510. The molecule has 0 aliphatic heterocycles. The molecule has 0 unspecified atom stereocenters. The SMILES string of the molecule is O=Cc1cc2cnoc2[nH]1. The Kier molecular flexibility index (Phi) is 0.887. The van der Waals surface area contributed by atoms with Gasteiger partial charge in [-0.05, 0) is 6.07 Å². The third-order valence-corrected chi connectivity index (χ3v) is 1.29. The van der Waals surface area contributed by atoms with E-state index in [-0.39, 0.29) is 0 Å². The molecule has 0 amide bonds. The summed E-state index contributed by atoms with van der Waals surface area (Å²) in [5.41, 5.74) is 1.05. The van der Waals surface area contributed by atoms with Gasteiger partial charge in [0.05, 0.1) is 17.3 Å². The maximum absolute atomic E-state index is 10.2. The third-order valence-electron chi connectivity index (χ3n) is 1.29. The van der Waals surface area contributed by atoms with Crippen LogP contribution < -0.4 is 0 Å². The first kappa shape index (κ1) is 5.22. The first-order valence-corrected chi connectivity index (χ1v) is 2.79. The summed E-state index contributed by atoms with van der Waals surface area (Å²) >= 11 is 0. The Morgan fingerprint density at radius 2 is 2.60 bits per heavy atom. The van der Waals surface area contributed by atoms with Gasteiger partial charge in [-0.25, -0.2) is 0 Å². The van der Waals surface area contributed by atoms with Gasteiger partial charge in [-0.2, -0.15) is 0 Å². The van der Waals surface area contributed by atoms with Crippen LogP contribution in [0.3, 0.4) is 0 Å². The van der Waals surface area contributed by atoms with Gasteiger partial charge in [0, 0.05) is 0 Å². The van der Waals surface area contributed by atoms with Crippen molar-refractivity contribution in [3.63, 3.8) is 0 Å². The van der Waals surface area contributed by atoms with Crippen LogP contribution in [0.2, 0.25) is 0 Å². The molecule has 0 atom stereocenters. The van der Waals surface area contributed by atoms with E-state index in [2.05, 4.69) is 10.1 Å². The van der Waals surface area contributed by atoms with E-state index in [1.54, 1.807) is 12.3 Å². The van der Waals surface area contributed by atoms with Crippen LogP contribution >= 0.6 is 0 Å². The molecule has 0 spiro atoms. The standard InChI is InChI=1S/C6H4N2O2/c9-3-5-1-4-2-7-10-6(4)8-5/h1-3,8H. The molecule has 0 radical (unpaired) electrons. The van der Waals surface area contributed by atoms with Crippen LogP contribution in [-0.4, -0.2) is 16.4 Å². The molecule has 0 saturated carbocycles. The summed E-state index contributed by atoms with van der Waals surface area (Å²) in [6.45, 7) is 0. The number of rotatable bonds is 1. The van der Waals surface area contributed by atoms with E-state index < -0.39 is 0 Å². The average Bonchev–Trinajstić information content (AvgIpc) is 2.42. The Hall–Kier alpha value is -1.58. The molecule has 2 rings (SSSR count). The fraction of sp³-hybridized carbons (Fsp3) is 0. The Morgan fingerprint density at radius 1 is 1.70 bits per heavy atom. The number of carbonyl (C=O) groups excluding carboxylic acids is 1. The van der Waals surface area contributed by atoms with Crippen molar-refractivity contribution < 1.29 is 9.32 Å². The maximum atomic E-state index is 10.2. The lowest BCUT2D eigenvalue weighted by molar-refractivity contribution is 0.111. The van der Waals surface area contributed by atoms with Gasteiger partial charge in [-0.15, -0.1) is 0 Å². The van der Waals surface area contributed by atoms with Crippen LogP contribution in [0, 0.1) is 0 Å². The van der Waals surface area contributed by atoms with E-state index in [4.69, 9.17) is 4.52 Å². The number of aromatic amines is 1. The van der Waals surface area contributed by atoms with Gasteiger partial charge in [0.2, 0.25) is 5.71 Å². The minimum absolute atomic E-state index is 0.510. The minimum Gasteiger partial charge on any atom is -0.338 e. The second-order valence-corrected chi connectivity index (χ2v) is 1.95. The van der Waals surface area contributed by atoms with Gasteiger partial charge in [0.25, 0.3) is 0 Å². The summed E-state index contributed by atoms with van der Waals surface area (Å²) in [5, 5.41) is 4.34. The number of H-pyrrole nitrogens is 1. The number of aromatic nitrogens is 2. The van der Waals surface area contributed by atoms with Gasteiger partial charge < -0.3 is 9.51 Å². The number of fused-ring (bicyclic) bond motifs is 1. The van der Waals surface area contributed by atoms with Crippen molar-refractivity contribution in [3.8, 4) is 0 Å². The van der Waals surface area contributed by atoms with Gasteiger partial charge in [0.1, 0.15) is 0 Å². The Labute approximate surface area is 55.8 Å². The summed E-state index contributed by atoms with van der Waals surface area (Å²) in [6.07, 6.45) is 2.29. The summed E-state index contributed by atoms with van der Waals surface area (Å²) in [6, 6.07) is 1.68. The highest BCUT2D eigenvalue weighted by Crippen LogP contribution is 2.11. The van der Waals surface area contributed by atoms with Crippen LogP contribution in [0.5, 0.6) is 0 Å². The molecule has 2 heterocycles. The van der Waals surface area contributed by atoms with Crippen molar-refractivity contribution in [3.05, 3.63) is 18.0 Å². The molecule has 0 aliphatic rings. The summed E-state index contributed by atoms with van der Waals surface area (Å²) < 4.78 is 4.74. The molecule has 0 fully saturated rings. The van der Waals surface area contributed by atoms with Crippen molar-refractivity contribution >= 4 is 17.4 Å². The normalized spacial score (nSPS) is 10.4. The highest BCUT2D eigenvalue weighted by atomic mass is 16.5. The third kappa shape index (κ3) is 0.556. The number of carbonyl (C=O) groups is 1. The largest absolute Gasteiger partial charge is 0.338 e. The first-order chi connectivity index (χ1) is 4.90. The van der Waals surface area contributed by atoms with Crippen molar-refractivity contribution in [2.45, 2.75) is 0 Å². The maximum Gasteiger partial charge on any atom is 0.236 e. The van der Waals surface area contributed by atoms with Gasteiger partial charge >= 0.3 is 0 Å². The lowest BCUT2D eigenvalue weighted by Gasteiger charge is -1.73. The van der Waals surface area contributed by atoms with E-state index in [0.29, 0.717) is 11.4 Å². The molecular formula is C6H4N2O2. The molecule has 2 aromatic heterocycles. The molecule has 0 aliphatic carbocycles.